The maximum absolute atomic E-state index is 13.0. The van der Waals surface area contributed by atoms with E-state index < -0.39 is 27.0 Å². The molecule has 0 heterocycles. The van der Waals surface area contributed by atoms with Gasteiger partial charge in [-0.2, -0.15) is 0 Å². The van der Waals surface area contributed by atoms with Gasteiger partial charge in [0.15, 0.2) is 5.78 Å². The van der Waals surface area contributed by atoms with E-state index in [1.165, 1.54) is 36.4 Å². The lowest BCUT2D eigenvalue weighted by Gasteiger charge is -2.10. The van der Waals surface area contributed by atoms with Gasteiger partial charge in [-0.1, -0.05) is 34.8 Å². The summed E-state index contributed by atoms with van der Waals surface area (Å²) in [6, 6.07) is 15.0. The van der Waals surface area contributed by atoms with Gasteiger partial charge in [0, 0.05) is 45.0 Å². The van der Waals surface area contributed by atoms with E-state index in [4.69, 9.17) is 58.0 Å². The first kappa shape index (κ1) is 26.5. The molecule has 2 atom stereocenters. The smallest absolute Gasteiger partial charge is 0.269 e. The summed E-state index contributed by atoms with van der Waals surface area (Å²) in [6.45, 7) is -0.123. The van der Waals surface area contributed by atoms with E-state index in [-0.39, 0.29) is 28.6 Å². The molecule has 1 aliphatic carbocycles. The minimum atomic E-state index is -1.35. The molecule has 0 saturated heterocycles. The van der Waals surface area contributed by atoms with Crippen LogP contribution in [0.5, 0.6) is 0 Å². The Morgan fingerprint density at radius 1 is 0.917 bits per heavy atom. The minimum absolute atomic E-state index is 0.0624. The molecule has 3 aromatic carbocycles. The topological polar surface area (TPSA) is 101 Å². The third-order valence-corrected chi connectivity index (χ3v) is 7.35. The van der Waals surface area contributed by atoms with Crippen LogP contribution in [0.1, 0.15) is 21.8 Å². The largest absolute Gasteiger partial charge is 0.378 e. The standard InChI is InChI=1S/C24H16Cl5N3O4/c25-13-7-12(8-14(26)9-13)21-22(24(21,28)29)23(34)31-16-3-6-19(27)18(10-16)20(33)11-30-15-1-4-17(5-2-15)32(35)36/h1-10,21-22,30H,11H2,(H,31,34). The molecule has 2 unspecified atom stereocenters. The lowest BCUT2D eigenvalue weighted by Crippen LogP contribution is -2.18. The quantitative estimate of drug-likeness (QED) is 0.124. The van der Waals surface area contributed by atoms with E-state index in [1.54, 1.807) is 24.3 Å². The number of carbonyl (C=O) groups excluding carboxylic acids is 2. The highest BCUT2D eigenvalue weighted by atomic mass is 35.5. The highest BCUT2D eigenvalue weighted by Gasteiger charge is 2.67. The second-order valence-electron chi connectivity index (χ2n) is 8.10. The van der Waals surface area contributed by atoms with Crippen molar-refractivity contribution in [2.45, 2.75) is 10.3 Å². The third-order valence-electron chi connectivity index (χ3n) is 5.65. The summed E-state index contributed by atoms with van der Waals surface area (Å²) in [6.07, 6.45) is 0. The number of alkyl halides is 2. The molecule has 0 aromatic heterocycles. The van der Waals surface area contributed by atoms with Crippen LogP contribution in [0.15, 0.2) is 60.7 Å². The zero-order chi connectivity index (χ0) is 26.2. The molecule has 1 fully saturated rings. The van der Waals surface area contributed by atoms with Gasteiger partial charge in [0.05, 0.1) is 22.4 Å². The first-order valence-corrected chi connectivity index (χ1v) is 12.3. The maximum atomic E-state index is 13.0. The Labute approximate surface area is 230 Å². The van der Waals surface area contributed by atoms with Gasteiger partial charge < -0.3 is 10.6 Å². The summed E-state index contributed by atoms with van der Waals surface area (Å²) in [5.41, 5.74) is 1.62. The number of nitrogens with one attached hydrogen (secondary N) is 2. The SMILES string of the molecule is O=C(CNc1ccc([N+](=O)[O-])cc1)c1cc(NC(=O)C2C(c3cc(Cl)cc(Cl)c3)C2(Cl)Cl)ccc1Cl. The lowest BCUT2D eigenvalue weighted by molar-refractivity contribution is -0.384. The van der Waals surface area contributed by atoms with Crippen molar-refractivity contribution >= 4 is 86.8 Å². The van der Waals surface area contributed by atoms with E-state index in [0.29, 0.717) is 27.0 Å². The van der Waals surface area contributed by atoms with Crippen LogP contribution < -0.4 is 10.6 Å². The van der Waals surface area contributed by atoms with Gasteiger partial charge in [0.2, 0.25) is 5.91 Å². The van der Waals surface area contributed by atoms with Gasteiger partial charge in [-0.05, 0) is 54.1 Å². The number of amides is 1. The molecular weight excluding hydrogens is 572 g/mol. The molecule has 0 bridgehead atoms. The number of nitro benzene ring substituents is 1. The summed E-state index contributed by atoms with van der Waals surface area (Å²) in [4.78, 5) is 36.0. The zero-order valence-electron chi connectivity index (χ0n) is 18.1. The predicted octanol–water partition coefficient (Wildman–Crippen LogP) is 7.38. The van der Waals surface area contributed by atoms with E-state index in [0.717, 1.165) is 0 Å². The summed E-state index contributed by atoms with van der Waals surface area (Å²) < 4.78 is -1.35. The summed E-state index contributed by atoms with van der Waals surface area (Å²) >= 11 is 31.2. The number of nitrogens with zero attached hydrogens (tertiary/aromatic N) is 1. The highest BCUT2D eigenvalue weighted by Crippen LogP contribution is 2.65. The number of halogens is 5. The van der Waals surface area contributed by atoms with Crippen LogP contribution in [0.4, 0.5) is 17.1 Å². The van der Waals surface area contributed by atoms with Crippen LogP contribution in [0.3, 0.4) is 0 Å². The molecule has 12 heteroatoms. The fraction of sp³-hybridized carbons (Fsp3) is 0.167. The lowest BCUT2D eigenvalue weighted by atomic mass is 10.1. The Bertz CT molecular complexity index is 1340. The van der Waals surface area contributed by atoms with Crippen LogP contribution in [0.25, 0.3) is 0 Å². The van der Waals surface area contributed by atoms with Crippen molar-refractivity contribution in [3.63, 3.8) is 0 Å². The Morgan fingerprint density at radius 3 is 2.14 bits per heavy atom. The number of benzene rings is 3. The van der Waals surface area contributed by atoms with Gasteiger partial charge in [-0.3, -0.25) is 19.7 Å². The predicted molar refractivity (Wildman–Crippen MR) is 143 cm³/mol. The molecule has 4 rings (SSSR count). The average molecular weight is 588 g/mol. The molecule has 1 amide bonds. The Morgan fingerprint density at radius 2 is 1.53 bits per heavy atom. The molecular formula is C24H16Cl5N3O4. The van der Waals surface area contributed by atoms with E-state index >= 15 is 0 Å². The molecule has 7 nitrogen and oxygen atoms in total. The van der Waals surface area contributed by atoms with Crippen molar-refractivity contribution in [2.24, 2.45) is 5.92 Å². The average Bonchev–Trinajstić information content (AvgIpc) is 3.40. The van der Waals surface area contributed by atoms with Crippen LogP contribution in [-0.4, -0.2) is 27.5 Å². The first-order valence-electron chi connectivity index (χ1n) is 10.4. The zero-order valence-corrected chi connectivity index (χ0v) is 21.9. The molecule has 0 aliphatic heterocycles. The van der Waals surface area contributed by atoms with Crippen LogP contribution >= 0.6 is 58.0 Å². The number of Topliss-reactive ketones (excluding diaryl/α,β-unsaturated/α-hetero) is 1. The second kappa shape index (κ2) is 10.4. The first-order chi connectivity index (χ1) is 17.0. The number of rotatable bonds is 8. The number of nitro groups is 1. The molecule has 1 aliphatic rings. The minimum Gasteiger partial charge on any atom is -0.378 e. The van der Waals surface area contributed by atoms with E-state index in [2.05, 4.69) is 10.6 Å². The van der Waals surface area contributed by atoms with Crippen molar-refractivity contribution < 1.29 is 14.5 Å². The Hall–Kier alpha value is -2.55. The van der Waals surface area contributed by atoms with E-state index in [1.807, 2.05) is 0 Å². The maximum Gasteiger partial charge on any atom is 0.269 e. The summed E-state index contributed by atoms with van der Waals surface area (Å²) in [5.74, 6) is -2.08. The van der Waals surface area contributed by atoms with Gasteiger partial charge in [0.1, 0.15) is 4.33 Å². The van der Waals surface area contributed by atoms with Crippen molar-refractivity contribution in [3.8, 4) is 0 Å². The Kier molecular flexibility index (Phi) is 7.69. The number of hydrogen-bond donors (Lipinski definition) is 2. The number of hydrogen-bond acceptors (Lipinski definition) is 5. The molecule has 36 heavy (non-hydrogen) atoms. The fourth-order valence-corrected chi connectivity index (χ4v) is 5.43. The van der Waals surface area contributed by atoms with Gasteiger partial charge in [0.25, 0.3) is 5.69 Å². The molecule has 186 valence electrons. The normalized spacial score (nSPS) is 17.8. The van der Waals surface area contributed by atoms with Crippen LogP contribution in [0.2, 0.25) is 15.1 Å². The number of non-ortho nitro benzene ring substituents is 1. The fourth-order valence-electron chi connectivity index (χ4n) is 3.84. The highest BCUT2D eigenvalue weighted by molar-refractivity contribution is 6.53. The molecule has 0 radical (unpaired) electrons. The monoisotopic (exact) mass is 585 g/mol. The van der Waals surface area contributed by atoms with Crippen molar-refractivity contribution in [2.75, 3.05) is 17.2 Å². The van der Waals surface area contributed by atoms with Crippen molar-refractivity contribution in [1.82, 2.24) is 0 Å². The molecule has 3 aromatic rings. The second-order valence-corrected chi connectivity index (χ2v) is 10.8. The number of ketones is 1. The molecule has 0 spiro atoms. The van der Waals surface area contributed by atoms with Gasteiger partial charge in [-0.15, -0.1) is 23.2 Å². The molecule has 2 N–H and O–H groups in total. The van der Waals surface area contributed by atoms with E-state index in [9.17, 15) is 19.7 Å². The van der Waals surface area contributed by atoms with Crippen molar-refractivity contribution in [3.05, 3.63) is 97.0 Å². The number of carbonyl (C=O) groups is 2. The van der Waals surface area contributed by atoms with Crippen LogP contribution in [-0.2, 0) is 4.79 Å². The molecule has 1 saturated carbocycles. The summed E-state index contributed by atoms with van der Waals surface area (Å²) in [5, 5.41) is 17.4. The van der Waals surface area contributed by atoms with Crippen LogP contribution in [0, 0.1) is 16.0 Å². The Balaban J connectivity index is 1.44. The number of anilines is 2. The third kappa shape index (κ3) is 5.71. The van der Waals surface area contributed by atoms with Gasteiger partial charge >= 0.3 is 0 Å². The van der Waals surface area contributed by atoms with Crippen molar-refractivity contribution in [1.29, 1.82) is 0 Å². The van der Waals surface area contributed by atoms with Gasteiger partial charge in [-0.25, -0.2) is 0 Å². The summed E-state index contributed by atoms with van der Waals surface area (Å²) in [7, 11) is 0.